The number of nitrogens with one attached hydrogen (secondary N) is 2. The maximum atomic E-state index is 4.47. The number of aromatic nitrogens is 1. The summed E-state index contributed by atoms with van der Waals surface area (Å²) >= 11 is 1.71. The second-order valence-corrected chi connectivity index (χ2v) is 6.60. The van der Waals surface area contributed by atoms with Gasteiger partial charge in [0.05, 0.1) is 10.7 Å². The summed E-state index contributed by atoms with van der Waals surface area (Å²) < 4.78 is 0. The van der Waals surface area contributed by atoms with Crippen LogP contribution in [0.15, 0.2) is 10.4 Å². The Kier molecular flexibility index (Phi) is 9.27. The molecule has 0 saturated carbocycles. The highest BCUT2D eigenvalue weighted by molar-refractivity contribution is 14.0. The molecule has 0 radical (unpaired) electrons. The van der Waals surface area contributed by atoms with E-state index < -0.39 is 0 Å². The summed E-state index contributed by atoms with van der Waals surface area (Å²) in [4.78, 5) is 11.3. The molecule has 2 N–H and O–H groups in total. The van der Waals surface area contributed by atoms with Crippen LogP contribution in [-0.2, 0) is 6.42 Å². The molecule has 2 rings (SSSR count). The molecule has 1 fully saturated rings. The number of likely N-dealkylation sites (tertiary alicyclic amines) is 1. The number of halogens is 1. The molecule has 0 amide bonds. The van der Waals surface area contributed by atoms with Gasteiger partial charge in [0.25, 0.3) is 0 Å². The summed E-state index contributed by atoms with van der Waals surface area (Å²) in [7, 11) is 1.83. The highest BCUT2D eigenvalue weighted by Crippen LogP contribution is 2.14. The van der Waals surface area contributed by atoms with Crippen LogP contribution in [0.4, 0.5) is 0 Å². The Morgan fingerprint density at radius 1 is 1.50 bits per heavy atom. The third-order valence-corrected chi connectivity index (χ3v) is 4.76. The number of hydrogen-bond donors (Lipinski definition) is 2. The summed E-state index contributed by atoms with van der Waals surface area (Å²) in [5.41, 5.74) is 1.16. The van der Waals surface area contributed by atoms with Gasteiger partial charge in [0.15, 0.2) is 5.96 Å². The molecule has 22 heavy (non-hydrogen) atoms. The number of guanidine groups is 1. The number of hydrogen-bond acceptors (Lipinski definition) is 4. The first-order valence-electron chi connectivity index (χ1n) is 7.79. The standard InChI is InChI=1S/C15H27N5S.HI/c1-4-20-8-6-13(10-20)9-18-15(16-3)17-7-5-14-11-21-12(2)19-14;/h11,13H,4-10H2,1-3H3,(H2,16,17,18);1H. The fourth-order valence-corrected chi connectivity index (χ4v) is 3.31. The van der Waals surface area contributed by atoms with Gasteiger partial charge < -0.3 is 15.5 Å². The summed E-state index contributed by atoms with van der Waals surface area (Å²) in [6.45, 7) is 9.76. The van der Waals surface area contributed by atoms with Crippen LogP contribution < -0.4 is 10.6 Å². The van der Waals surface area contributed by atoms with E-state index in [2.05, 4.69) is 37.8 Å². The molecular weight excluding hydrogens is 409 g/mol. The van der Waals surface area contributed by atoms with E-state index in [-0.39, 0.29) is 24.0 Å². The van der Waals surface area contributed by atoms with Crippen molar-refractivity contribution in [1.82, 2.24) is 20.5 Å². The van der Waals surface area contributed by atoms with E-state index in [0.29, 0.717) is 0 Å². The van der Waals surface area contributed by atoms with Crippen molar-refractivity contribution in [2.24, 2.45) is 10.9 Å². The lowest BCUT2D eigenvalue weighted by Gasteiger charge is -2.16. The van der Waals surface area contributed by atoms with Crippen LogP contribution in [0, 0.1) is 12.8 Å². The molecular formula is C15H28IN5S. The third-order valence-electron chi connectivity index (χ3n) is 3.94. The summed E-state index contributed by atoms with van der Waals surface area (Å²) in [5, 5.41) is 10.1. The minimum absolute atomic E-state index is 0. The lowest BCUT2D eigenvalue weighted by Crippen LogP contribution is -2.41. The maximum Gasteiger partial charge on any atom is 0.190 e. The zero-order valence-electron chi connectivity index (χ0n) is 13.8. The molecule has 0 aromatic carbocycles. The van der Waals surface area contributed by atoms with Crippen molar-refractivity contribution >= 4 is 41.3 Å². The Bertz CT molecular complexity index is 463. The van der Waals surface area contributed by atoms with Crippen LogP contribution >= 0.6 is 35.3 Å². The molecule has 0 aliphatic carbocycles. The van der Waals surface area contributed by atoms with E-state index in [1.807, 2.05) is 14.0 Å². The molecule has 5 nitrogen and oxygen atoms in total. The first-order valence-corrected chi connectivity index (χ1v) is 8.67. The second kappa shape index (κ2) is 10.4. The van der Waals surface area contributed by atoms with Gasteiger partial charge in [-0.05, 0) is 32.4 Å². The fraction of sp³-hybridized carbons (Fsp3) is 0.733. The van der Waals surface area contributed by atoms with Crippen molar-refractivity contribution in [1.29, 1.82) is 0 Å². The van der Waals surface area contributed by atoms with Gasteiger partial charge in [0.2, 0.25) is 0 Å². The predicted molar refractivity (Wildman–Crippen MR) is 106 cm³/mol. The van der Waals surface area contributed by atoms with Crippen LogP contribution in [0.25, 0.3) is 0 Å². The molecule has 1 unspecified atom stereocenters. The number of rotatable bonds is 6. The quantitative estimate of drug-likeness (QED) is 0.407. The second-order valence-electron chi connectivity index (χ2n) is 5.54. The van der Waals surface area contributed by atoms with Gasteiger partial charge >= 0.3 is 0 Å². The lowest BCUT2D eigenvalue weighted by atomic mass is 10.1. The SMILES string of the molecule is CCN1CCC(CNC(=NC)NCCc2csc(C)n2)C1.I. The molecule has 7 heteroatoms. The van der Waals surface area contributed by atoms with E-state index in [1.54, 1.807) is 11.3 Å². The van der Waals surface area contributed by atoms with Crippen LogP contribution in [0.1, 0.15) is 24.0 Å². The van der Waals surface area contributed by atoms with Gasteiger partial charge in [0.1, 0.15) is 0 Å². The van der Waals surface area contributed by atoms with Crippen LogP contribution in [0.2, 0.25) is 0 Å². The van der Waals surface area contributed by atoms with Crippen LogP contribution in [-0.4, -0.2) is 55.6 Å². The maximum absolute atomic E-state index is 4.47. The molecule has 1 aromatic heterocycles. The van der Waals surface area contributed by atoms with Crippen molar-refractivity contribution in [3.8, 4) is 0 Å². The smallest absolute Gasteiger partial charge is 0.190 e. The highest BCUT2D eigenvalue weighted by atomic mass is 127. The molecule has 0 bridgehead atoms. The topological polar surface area (TPSA) is 52.5 Å². The molecule has 1 aliphatic heterocycles. The Morgan fingerprint density at radius 3 is 2.91 bits per heavy atom. The molecule has 2 heterocycles. The normalized spacial score (nSPS) is 19.0. The molecule has 1 saturated heterocycles. The molecule has 1 atom stereocenters. The number of nitrogens with zero attached hydrogens (tertiary/aromatic N) is 3. The number of aryl methyl sites for hydroxylation is 1. The summed E-state index contributed by atoms with van der Waals surface area (Å²) in [6, 6.07) is 0. The molecule has 1 aromatic rings. The fourth-order valence-electron chi connectivity index (χ4n) is 2.66. The zero-order valence-corrected chi connectivity index (χ0v) is 16.9. The van der Waals surface area contributed by atoms with Gasteiger partial charge in [-0.15, -0.1) is 35.3 Å². The Morgan fingerprint density at radius 2 is 2.32 bits per heavy atom. The van der Waals surface area contributed by atoms with E-state index >= 15 is 0 Å². The highest BCUT2D eigenvalue weighted by Gasteiger charge is 2.20. The minimum atomic E-state index is 0. The van der Waals surface area contributed by atoms with Gasteiger partial charge in [0, 0.05) is 38.5 Å². The summed E-state index contributed by atoms with van der Waals surface area (Å²) in [6.07, 6.45) is 2.23. The first kappa shape index (κ1) is 19.6. The lowest BCUT2D eigenvalue weighted by molar-refractivity contribution is 0.342. The minimum Gasteiger partial charge on any atom is -0.356 e. The third kappa shape index (κ3) is 6.37. The first-order chi connectivity index (χ1) is 10.2. The van der Waals surface area contributed by atoms with Crippen molar-refractivity contribution < 1.29 is 0 Å². The van der Waals surface area contributed by atoms with E-state index in [0.717, 1.165) is 48.6 Å². The van der Waals surface area contributed by atoms with Crippen molar-refractivity contribution in [3.05, 3.63) is 16.1 Å². The van der Waals surface area contributed by atoms with E-state index in [4.69, 9.17) is 0 Å². The molecule has 0 spiro atoms. The van der Waals surface area contributed by atoms with Crippen molar-refractivity contribution in [2.75, 3.05) is 39.8 Å². The predicted octanol–water partition coefficient (Wildman–Crippen LogP) is 2.12. The number of thiazole rings is 1. The average Bonchev–Trinajstić information content (AvgIpc) is 3.11. The van der Waals surface area contributed by atoms with Gasteiger partial charge in [-0.3, -0.25) is 4.99 Å². The molecule has 1 aliphatic rings. The molecule has 126 valence electrons. The van der Waals surface area contributed by atoms with E-state index in [1.165, 1.54) is 19.5 Å². The monoisotopic (exact) mass is 437 g/mol. The van der Waals surface area contributed by atoms with Gasteiger partial charge in [-0.25, -0.2) is 4.98 Å². The van der Waals surface area contributed by atoms with Crippen LogP contribution in [0.3, 0.4) is 0 Å². The average molecular weight is 437 g/mol. The van der Waals surface area contributed by atoms with Gasteiger partial charge in [-0.1, -0.05) is 6.92 Å². The van der Waals surface area contributed by atoms with E-state index in [9.17, 15) is 0 Å². The van der Waals surface area contributed by atoms with Crippen molar-refractivity contribution in [2.45, 2.75) is 26.7 Å². The number of aliphatic imine (C=N–C) groups is 1. The largest absolute Gasteiger partial charge is 0.356 e. The Hall–Kier alpha value is -0.410. The Balaban J connectivity index is 0.00000242. The van der Waals surface area contributed by atoms with Crippen molar-refractivity contribution in [3.63, 3.8) is 0 Å². The van der Waals surface area contributed by atoms with Gasteiger partial charge in [-0.2, -0.15) is 0 Å². The van der Waals surface area contributed by atoms with Crippen LogP contribution in [0.5, 0.6) is 0 Å². The Labute approximate surface area is 155 Å². The summed E-state index contributed by atoms with van der Waals surface area (Å²) in [5.74, 6) is 1.64. The zero-order chi connectivity index (χ0) is 15.1.